The molecule has 0 aromatic rings. The second kappa shape index (κ2) is 4.48. The number of hydrogen-bond acceptors (Lipinski definition) is 0. The third kappa shape index (κ3) is 2.72. The molecule has 0 aliphatic heterocycles. The highest BCUT2D eigenvalue weighted by molar-refractivity contribution is 4.96. The van der Waals surface area contributed by atoms with Gasteiger partial charge in [-0.2, -0.15) is 0 Å². The van der Waals surface area contributed by atoms with Crippen LogP contribution in [0.2, 0.25) is 0 Å². The first kappa shape index (κ1) is 11.1. The fourth-order valence-corrected chi connectivity index (χ4v) is 3.08. The first-order chi connectivity index (χ1) is 6.07. The van der Waals surface area contributed by atoms with E-state index in [-0.39, 0.29) is 0 Å². The van der Waals surface area contributed by atoms with Crippen LogP contribution in [0.1, 0.15) is 53.9 Å². The van der Waals surface area contributed by atoms with E-state index in [4.69, 9.17) is 0 Å². The van der Waals surface area contributed by atoms with Crippen LogP contribution in [0, 0.1) is 29.6 Å². The van der Waals surface area contributed by atoms with Gasteiger partial charge in [-0.25, -0.2) is 0 Å². The molecule has 0 N–H and O–H groups in total. The van der Waals surface area contributed by atoms with Gasteiger partial charge >= 0.3 is 0 Å². The molecule has 0 aromatic heterocycles. The Bertz CT molecular complexity index is 148. The lowest BCUT2D eigenvalue weighted by molar-refractivity contribution is 0.407. The monoisotopic (exact) mass is 182 g/mol. The van der Waals surface area contributed by atoms with Crippen molar-refractivity contribution in [1.29, 1.82) is 0 Å². The van der Waals surface area contributed by atoms with E-state index in [1.165, 1.54) is 19.3 Å². The van der Waals surface area contributed by atoms with Crippen LogP contribution in [-0.2, 0) is 0 Å². The van der Waals surface area contributed by atoms with Gasteiger partial charge in [0.25, 0.3) is 0 Å². The molecule has 1 aliphatic rings. The van der Waals surface area contributed by atoms with Gasteiger partial charge < -0.3 is 0 Å². The molecule has 0 heterocycles. The summed E-state index contributed by atoms with van der Waals surface area (Å²) >= 11 is 0. The highest BCUT2D eigenvalue weighted by atomic mass is 14.5. The summed E-state index contributed by atoms with van der Waals surface area (Å²) in [5.41, 5.74) is 0. The molecular weight excluding hydrogens is 156 g/mol. The summed E-state index contributed by atoms with van der Waals surface area (Å²) in [5.74, 6) is 5.00. The van der Waals surface area contributed by atoms with Crippen LogP contribution in [0.4, 0.5) is 0 Å². The van der Waals surface area contributed by atoms with E-state index < -0.39 is 0 Å². The van der Waals surface area contributed by atoms with E-state index in [1.54, 1.807) is 0 Å². The summed E-state index contributed by atoms with van der Waals surface area (Å²) in [6, 6.07) is 0. The van der Waals surface area contributed by atoms with E-state index in [2.05, 4.69) is 34.6 Å². The zero-order chi connectivity index (χ0) is 10.0. The summed E-state index contributed by atoms with van der Waals surface area (Å²) in [4.78, 5) is 0. The van der Waals surface area contributed by atoms with Crippen LogP contribution in [0.25, 0.3) is 0 Å². The Hall–Kier alpha value is 0. The molecular formula is C13H26. The van der Waals surface area contributed by atoms with Crippen molar-refractivity contribution in [3.05, 3.63) is 0 Å². The molecule has 1 rings (SSSR count). The van der Waals surface area contributed by atoms with Crippen molar-refractivity contribution in [2.75, 3.05) is 0 Å². The highest BCUT2D eigenvalue weighted by Crippen LogP contribution is 2.54. The fraction of sp³-hybridized carbons (Fsp3) is 1.00. The Labute approximate surface area is 84.1 Å². The maximum Gasteiger partial charge on any atom is -0.0329 e. The lowest BCUT2D eigenvalue weighted by atomic mass is 9.96. The van der Waals surface area contributed by atoms with E-state index in [0.29, 0.717) is 0 Å². The molecule has 4 atom stereocenters. The van der Waals surface area contributed by atoms with Gasteiger partial charge in [-0.05, 0) is 36.0 Å². The lowest BCUT2D eigenvalue weighted by Crippen LogP contribution is -2.00. The number of rotatable bonds is 5. The summed E-state index contributed by atoms with van der Waals surface area (Å²) in [6.07, 6.45) is 4.25. The molecule has 13 heavy (non-hydrogen) atoms. The van der Waals surface area contributed by atoms with Gasteiger partial charge in [0.1, 0.15) is 0 Å². The maximum atomic E-state index is 2.45. The van der Waals surface area contributed by atoms with Crippen molar-refractivity contribution >= 4 is 0 Å². The van der Waals surface area contributed by atoms with Gasteiger partial charge in [0.2, 0.25) is 0 Å². The van der Waals surface area contributed by atoms with Crippen LogP contribution in [0.15, 0.2) is 0 Å². The third-order valence-electron chi connectivity index (χ3n) is 3.78. The molecule has 0 radical (unpaired) electrons. The van der Waals surface area contributed by atoms with Gasteiger partial charge in [-0.15, -0.1) is 0 Å². The minimum absolute atomic E-state index is 0.895. The van der Waals surface area contributed by atoms with E-state index in [1.807, 2.05) is 0 Å². The summed E-state index contributed by atoms with van der Waals surface area (Å²) in [6.45, 7) is 11.9. The predicted octanol–water partition coefficient (Wildman–Crippen LogP) is 4.35. The topological polar surface area (TPSA) is 0 Å². The van der Waals surface area contributed by atoms with Crippen molar-refractivity contribution in [1.82, 2.24) is 0 Å². The Morgan fingerprint density at radius 2 is 1.77 bits per heavy atom. The fourth-order valence-electron chi connectivity index (χ4n) is 3.08. The normalized spacial score (nSPS) is 35.1. The smallest absolute Gasteiger partial charge is 0.0329 e. The van der Waals surface area contributed by atoms with Crippen molar-refractivity contribution in [3.8, 4) is 0 Å². The second-order valence-corrected chi connectivity index (χ2v) is 5.50. The van der Waals surface area contributed by atoms with Gasteiger partial charge in [0.05, 0.1) is 0 Å². The molecule has 0 spiro atoms. The maximum absolute atomic E-state index is 2.45. The Balaban J connectivity index is 2.30. The van der Waals surface area contributed by atoms with E-state index >= 15 is 0 Å². The Morgan fingerprint density at radius 1 is 1.15 bits per heavy atom. The molecule has 0 aromatic carbocycles. The molecule has 78 valence electrons. The van der Waals surface area contributed by atoms with Crippen molar-refractivity contribution in [3.63, 3.8) is 0 Å². The minimum Gasteiger partial charge on any atom is -0.0654 e. The Kier molecular flexibility index (Phi) is 3.82. The summed E-state index contributed by atoms with van der Waals surface area (Å²) < 4.78 is 0. The van der Waals surface area contributed by atoms with Crippen LogP contribution in [0.5, 0.6) is 0 Å². The van der Waals surface area contributed by atoms with Gasteiger partial charge in [0, 0.05) is 0 Å². The zero-order valence-electron chi connectivity index (χ0n) is 10.0. The third-order valence-corrected chi connectivity index (χ3v) is 3.78. The molecule has 1 fully saturated rings. The SMILES string of the molecule is CCCC(C)C1C(C)C1CC(C)C. The standard InChI is InChI=1S/C13H26/c1-6-7-10(4)13-11(5)12(13)8-9(2)3/h9-13H,6-8H2,1-5H3. The first-order valence-corrected chi connectivity index (χ1v) is 6.07. The Morgan fingerprint density at radius 3 is 2.23 bits per heavy atom. The van der Waals surface area contributed by atoms with Gasteiger partial charge in [0.15, 0.2) is 0 Å². The van der Waals surface area contributed by atoms with Crippen molar-refractivity contribution in [2.45, 2.75) is 53.9 Å². The molecule has 0 saturated heterocycles. The summed E-state index contributed by atoms with van der Waals surface area (Å²) in [7, 11) is 0. The minimum atomic E-state index is 0.895. The average Bonchev–Trinajstić information content (AvgIpc) is 2.61. The van der Waals surface area contributed by atoms with Gasteiger partial charge in [-0.3, -0.25) is 0 Å². The van der Waals surface area contributed by atoms with E-state index in [0.717, 1.165) is 29.6 Å². The zero-order valence-corrected chi connectivity index (χ0v) is 10.0. The number of hydrogen-bond donors (Lipinski definition) is 0. The molecule has 4 unspecified atom stereocenters. The van der Waals surface area contributed by atoms with Crippen LogP contribution >= 0.6 is 0 Å². The first-order valence-electron chi connectivity index (χ1n) is 6.07. The van der Waals surface area contributed by atoms with Crippen LogP contribution in [0.3, 0.4) is 0 Å². The lowest BCUT2D eigenvalue weighted by Gasteiger charge is -2.10. The van der Waals surface area contributed by atoms with Crippen LogP contribution in [-0.4, -0.2) is 0 Å². The highest BCUT2D eigenvalue weighted by Gasteiger charge is 2.48. The quantitative estimate of drug-likeness (QED) is 0.593. The molecule has 0 amide bonds. The second-order valence-electron chi connectivity index (χ2n) is 5.50. The molecule has 0 bridgehead atoms. The van der Waals surface area contributed by atoms with E-state index in [9.17, 15) is 0 Å². The molecule has 1 saturated carbocycles. The van der Waals surface area contributed by atoms with Crippen molar-refractivity contribution < 1.29 is 0 Å². The van der Waals surface area contributed by atoms with Crippen molar-refractivity contribution in [2.24, 2.45) is 29.6 Å². The van der Waals surface area contributed by atoms with Gasteiger partial charge in [-0.1, -0.05) is 47.5 Å². The summed E-state index contributed by atoms with van der Waals surface area (Å²) in [5, 5.41) is 0. The molecule has 1 aliphatic carbocycles. The predicted molar refractivity (Wildman–Crippen MR) is 59.7 cm³/mol. The molecule has 0 nitrogen and oxygen atoms in total. The molecule has 0 heteroatoms. The van der Waals surface area contributed by atoms with Crippen LogP contribution < -0.4 is 0 Å². The largest absolute Gasteiger partial charge is 0.0654 e. The average molecular weight is 182 g/mol.